The van der Waals surface area contributed by atoms with E-state index in [4.69, 9.17) is 9.47 Å². The minimum absolute atomic E-state index is 0.0101. The first-order chi connectivity index (χ1) is 12.6. The molecule has 1 aliphatic heterocycles. The number of carbonyl (C=O) groups excluding carboxylic acids is 1. The third kappa shape index (κ3) is 4.05. The SMILES string of the molecule is COc1ccc(Nc2cncc(C(=O)N3CCN(C)CC3)c2)c(OC)c1. The lowest BCUT2D eigenvalue weighted by Gasteiger charge is -2.32. The van der Waals surface area contributed by atoms with Gasteiger partial charge in [-0.2, -0.15) is 0 Å². The first kappa shape index (κ1) is 18.0. The molecule has 0 atom stereocenters. The van der Waals surface area contributed by atoms with E-state index in [9.17, 15) is 4.79 Å². The molecule has 1 aromatic carbocycles. The number of aromatic nitrogens is 1. The standard InChI is InChI=1S/C19H24N4O3/c1-22-6-8-23(9-7-22)19(24)14-10-15(13-20-12-14)21-17-5-4-16(25-2)11-18(17)26-3/h4-5,10-13,21H,6-9H2,1-3H3. The smallest absolute Gasteiger partial charge is 0.255 e. The number of hydrogen-bond donors (Lipinski definition) is 1. The van der Waals surface area contributed by atoms with Crippen molar-refractivity contribution in [2.45, 2.75) is 0 Å². The zero-order valence-corrected chi connectivity index (χ0v) is 15.4. The van der Waals surface area contributed by atoms with Crippen LogP contribution in [0.1, 0.15) is 10.4 Å². The monoisotopic (exact) mass is 356 g/mol. The van der Waals surface area contributed by atoms with Crippen LogP contribution in [0.5, 0.6) is 11.5 Å². The number of anilines is 2. The highest BCUT2D eigenvalue weighted by molar-refractivity contribution is 5.95. The number of nitrogens with zero attached hydrogens (tertiary/aromatic N) is 3. The maximum Gasteiger partial charge on any atom is 0.255 e. The summed E-state index contributed by atoms with van der Waals surface area (Å²) in [5.74, 6) is 1.38. The fraction of sp³-hybridized carbons (Fsp3) is 0.368. The maximum atomic E-state index is 12.7. The van der Waals surface area contributed by atoms with Gasteiger partial charge in [0.2, 0.25) is 0 Å². The van der Waals surface area contributed by atoms with Crippen LogP contribution in [-0.2, 0) is 0 Å². The largest absolute Gasteiger partial charge is 0.497 e. The molecule has 1 fully saturated rings. The molecule has 1 aromatic heterocycles. The quantitative estimate of drug-likeness (QED) is 0.886. The second kappa shape index (κ2) is 8.05. The number of amides is 1. The van der Waals surface area contributed by atoms with Crippen molar-refractivity contribution in [2.24, 2.45) is 0 Å². The molecule has 1 aliphatic rings. The molecule has 26 heavy (non-hydrogen) atoms. The lowest BCUT2D eigenvalue weighted by Crippen LogP contribution is -2.47. The molecule has 0 aliphatic carbocycles. The minimum Gasteiger partial charge on any atom is -0.497 e. The Bertz CT molecular complexity index is 773. The van der Waals surface area contributed by atoms with Crippen LogP contribution in [0.3, 0.4) is 0 Å². The summed E-state index contributed by atoms with van der Waals surface area (Å²) in [7, 11) is 5.28. The Morgan fingerprint density at radius 2 is 1.85 bits per heavy atom. The fourth-order valence-electron chi connectivity index (χ4n) is 2.87. The number of ether oxygens (including phenoxy) is 2. The molecule has 0 spiro atoms. The van der Waals surface area contributed by atoms with Gasteiger partial charge in [-0.1, -0.05) is 0 Å². The highest BCUT2D eigenvalue weighted by atomic mass is 16.5. The van der Waals surface area contributed by atoms with Gasteiger partial charge in [0.1, 0.15) is 11.5 Å². The Labute approximate surface area is 153 Å². The lowest BCUT2D eigenvalue weighted by atomic mass is 10.2. The van der Waals surface area contributed by atoms with Crippen molar-refractivity contribution in [3.63, 3.8) is 0 Å². The van der Waals surface area contributed by atoms with Crippen molar-refractivity contribution < 1.29 is 14.3 Å². The Kier molecular flexibility index (Phi) is 5.58. The molecule has 0 unspecified atom stereocenters. The maximum absolute atomic E-state index is 12.7. The molecule has 138 valence electrons. The number of methoxy groups -OCH3 is 2. The van der Waals surface area contributed by atoms with Gasteiger partial charge in [0.25, 0.3) is 5.91 Å². The number of rotatable bonds is 5. The second-order valence-corrected chi connectivity index (χ2v) is 6.25. The van der Waals surface area contributed by atoms with Gasteiger partial charge in [0.05, 0.1) is 37.4 Å². The summed E-state index contributed by atoms with van der Waals surface area (Å²) in [6.45, 7) is 3.25. The van der Waals surface area contributed by atoms with Crippen molar-refractivity contribution in [2.75, 3.05) is 52.8 Å². The van der Waals surface area contributed by atoms with Gasteiger partial charge >= 0.3 is 0 Å². The second-order valence-electron chi connectivity index (χ2n) is 6.25. The van der Waals surface area contributed by atoms with E-state index in [1.54, 1.807) is 32.7 Å². The van der Waals surface area contributed by atoms with Crippen LogP contribution in [0.25, 0.3) is 0 Å². The molecule has 1 amide bonds. The molecule has 0 saturated carbocycles. The topological polar surface area (TPSA) is 66.9 Å². The molecule has 0 radical (unpaired) electrons. The Balaban J connectivity index is 1.76. The zero-order chi connectivity index (χ0) is 18.5. The summed E-state index contributed by atoms with van der Waals surface area (Å²) in [5, 5.41) is 3.26. The van der Waals surface area contributed by atoms with Crippen LogP contribution in [0, 0.1) is 0 Å². The Morgan fingerprint density at radius 3 is 2.54 bits per heavy atom. The van der Waals surface area contributed by atoms with Gasteiger partial charge in [-0.25, -0.2) is 0 Å². The highest BCUT2D eigenvalue weighted by Gasteiger charge is 2.20. The molecular formula is C19H24N4O3. The van der Waals surface area contributed by atoms with Crippen LogP contribution in [-0.4, -0.2) is 68.1 Å². The van der Waals surface area contributed by atoms with Crippen molar-refractivity contribution in [1.82, 2.24) is 14.8 Å². The number of piperazine rings is 1. The van der Waals surface area contributed by atoms with E-state index < -0.39 is 0 Å². The molecule has 7 heteroatoms. The van der Waals surface area contributed by atoms with Crippen molar-refractivity contribution in [1.29, 1.82) is 0 Å². The highest BCUT2D eigenvalue weighted by Crippen LogP contribution is 2.31. The normalized spacial score (nSPS) is 14.8. The third-order valence-electron chi connectivity index (χ3n) is 4.46. The Morgan fingerprint density at radius 1 is 1.08 bits per heavy atom. The number of nitrogens with one attached hydrogen (secondary N) is 1. The molecule has 3 rings (SSSR count). The number of benzene rings is 1. The van der Waals surface area contributed by atoms with Gasteiger partial charge in [-0.3, -0.25) is 9.78 Å². The number of carbonyl (C=O) groups is 1. The lowest BCUT2D eigenvalue weighted by molar-refractivity contribution is 0.0663. The average Bonchev–Trinajstić information content (AvgIpc) is 2.68. The molecule has 7 nitrogen and oxygen atoms in total. The van der Waals surface area contributed by atoms with Crippen molar-refractivity contribution in [3.05, 3.63) is 42.2 Å². The van der Waals surface area contributed by atoms with Gasteiger partial charge in [-0.05, 0) is 25.2 Å². The number of hydrogen-bond acceptors (Lipinski definition) is 6. The molecular weight excluding hydrogens is 332 g/mol. The third-order valence-corrected chi connectivity index (χ3v) is 4.46. The Hall–Kier alpha value is -2.80. The molecule has 0 bridgehead atoms. The molecule has 1 N–H and O–H groups in total. The van der Waals surface area contributed by atoms with E-state index >= 15 is 0 Å². The predicted molar refractivity (Wildman–Crippen MR) is 100 cm³/mol. The fourth-order valence-corrected chi connectivity index (χ4v) is 2.87. The number of likely N-dealkylation sites (N-methyl/N-ethyl adjacent to an activating group) is 1. The van der Waals surface area contributed by atoms with Crippen LogP contribution in [0.15, 0.2) is 36.7 Å². The van der Waals surface area contributed by atoms with Gasteiger partial charge in [-0.15, -0.1) is 0 Å². The molecule has 2 heterocycles. The van der Waals surface area contributed by atoms with Crippen LogP contribution in [0.2, 0.25) is 0 Å². The first-order valence-electron chi connectivity index (χ1n) is 8.52. The van der Waals surface area contributed by atoms with E-state index in [2.05, 4.69) is 22.2 Å². The van der Waals surface area contributed by atoms with Crippen LogP contribution in [0.4, 0.5) is 11.4 Å². The summed E-state index contributed by atoms with van der Waals surface area (Å²) < 4.78 is 10.6. The van der Waals surface area contributed by atoms with Crippen LogP contribution < -0.4 is 14.8 Å². The summed E-state index contributed by atoms with van der Waals surface area (Å²) >= 11 is 0. The van der Waals surface area contributed by atoms with E-state index in [0.29, 0.717) is 17.1 Å². The van der Waals surface area contributed by atoms with E-state index in [1.165, 1.54) is 0 Å². The van der Waals surface area contributed by atoms with Gasteiger partial charge in [0, 0.05) is 38.4 Å². The van der Waals surface area contributed by atoms with E-state index in [0.717, 1.165) is 37.6 Å². The molecule has 2 aromatic rings. The first-order valence-corrected chi connectivity index (χ1v) is 8.52. The summed E-state index contributed by atoms with van der Waals surface area (Å²) in [6.07, 6.45) is 3.29. The number of pyridine rings is 1. The van der Waals surface area contributed by atoms with Crippen molar-refractivity contribution >= 4 is 17.3 Å². The van der Waals surface area contributed by atoms with E-state index in [-0.39, 0.29) is 5.91 Å². The van der Waals surface area contributed by atoms with E-state index in [1.807, 2.05) is 23.1 Å². The van der Waals surface area contributed by atoms with Crippen LogP contribution >= 0.6 is 0 Å². The van der Waals surface area contributed by atoms with Gasteiger partial charge in [0.15, 0.2) is 0 Å². The summed E-state index contributed by atoms with van der Waals surface area (Å²) in [6, 6.07) is 7.33. The minimum atomic E-state index is 0.0101. The summed E-state index contributed by atoms with van der Waals surface area (Å²) in [4.78, 5) is 21.0. The average molecular weight is 356 g/mol. The van der Waals surface area contributed by atoms with Gasteiger partial charge < -0.3 is 24.6 Å². The predicted octanol–water partition coefficient (Wildman–Crippen LogP) is 2.23. The zero-order valence-electron chi connectivity index (χ0n) is 15.4. The molecule has 1 saturated heterocycles. The summed E-state index contributed by atoms with van der Waals surface area (Å²) in [5.41, 5.74) is 2.08. The van der Waals surface area contributed by atoms with Crippen molar-refractivity contribution in [3.8, 4) is 11.5 Å².